The quantitative estimate of drug-likeness (QED) is 0.805. The van der Waals surface area contributed by atoms with Crippen LogP contribution in [0.25, 0.3) is 0 Å². The fourth-order valence-corrected chi connectivity index (χ4v) is 2.65. The van der Waals surface area contributed by atoms with Gasteiger partial charge in [-0.1, -0.05) is 0 Å². The summed E-state index contributed by atoms with van der Waals surface area (Å²) in [6, 6.07) is 3.17. The van der Waals surface area contributed by atoms with Crippen LogP contribution in [-0.4, -0.2) is 44.2 Å². The van der Waals surface area contributed by atoms with Gasteiger partial charge in [0.15, 0.2) is 0 Å². The molecule has 18 heavy (non-hydrogen) atoms. The second kappa shape index (κ2) is 4.49. The lowest BCUT2D eigenvalue weighted by Crippen LogP contribution is -2.30. The molecule has 0 aromatic carbocycles. The normalized spacial score (nSPS) is 24.5. The topological polar surface area (TPSA) is 82.5 Å². The van der Waals surface area contributed by atoms with Crippen molar-refractivity contribution in [2.24, 2.45) is 0 Å². The number of hydrogen-bond acceptors (Lipinski definition) is 5. The second-order valence-corrected chi connectivity index (χ2v) is 6.61. The molecular weight excluding hydrogens is 254 g/mol. The summed E-state index contributed by atoms with van der Waals surface area (Å²) in [5.41, 5.74) is -0.697. The summed E-state index contributed by atoms with van der Waals surface area (Å²) < 4.78 is 25.3. The van der Waals surface area contributed by atoms with Crippen molar-refractivity contribution in [3.05, 3.63) is 18.3 Å². The predicted octanol–water partition coefficient (Wildman–Crippen LogP) is -0.0492. The SMILES string of the molecule is CNS(=O)(=O)c1ccc(N2CCC(C)(O)C2)nc1. The van der Waals surface area contributed by atoms with Crippen molar-refractivity contribution >= 4 is 15.8 Å². The molecule has 0 saturated carbocycles. The Balaban J connectivity index is 2.19. The van der Waals surface area contributed by atoms with E-state index < -0.39 is 15.6 Å². The van der Waals surface area contributed by atoms with Gasteiger partial charge in [-0.2, -0.15) is 0 Å². The molecule has 1 aromatic heterocycles. The second-order valence-electron chi connectivity index (χ2n) is 4.73. The van der Waals surface area contributed by atoms with Gasteiger partial charge in [-0.3, -0.25) is 0 Å². The number of aromatic nitrogens is 1. The summed E-state index contributed by atoms with van der Waals surface area (Å²) in [5, 5.41) is 9.87. The standard InChI is InChI=1S/C11H17N3O3S/c1-11(15)5-6-14(8-11)10-4-3-9(7-13-10)18(16,17)12-2/h3-4,7,12,15H,5-6,8H2,1-2H3. The highest BCUT2D eigenvalue weighted by Gasteiger charge is 2.31. The van der Waals surface area contributed by atoms with Crippen LogP contribution in [0.1, 0.15) is 13.3 Å². The van der Waals surface area contributed by atoms with E-state index in [1.54, 1.807) is 13.0 Å². The monoisotopic (exact) mass is 271 g/mol. The van der Waals surface area contributed by atoms with Crippen LogP contribution in [0.3, 0.4) is 0 Å². The van der Waals surface area contributed by atoms with E-state index in [-0.39, 0.29) is 4.90 Å². The van der Waals surface area contributed by atoms with Gasteiger partial charge in [0.05, 0.1) is 5.60 Å². The highest BCUT2D eigenvalue weighted by atomic mass is 32.2. The van der Waals surface area contributed by atoms with Crippen LogP contribution in [0.5, 0.6) is 0 Å². The molecule has 7 heteroatoms. The highest BCUT2D eigenvalue weighted by Crippen LogP contribution is 2.25. The van der Waals surface area contributed by atoms with Gasteiger partial charge in [0.25, 0.3) is 0 Å². The van der Waals surface area contributed by atoms with E-state index in [2.05, 4.69) is 9.71 Å². The van der Waals surface area contributed by atoms with E-state index in [9.17, 15) is 13.5 Å². The molecule has 1 atom stereocenters. The zero-order chi connectivity index (χ0) is 13.4. The Morgan fingerprint density at radius 1 is 1.50 bits per heavy atom. The minimum atomic E-state index is -3.44. The van der Waals surface area contributed by atoms with Crippen LogP contribution in [0.4, 0.5) is 5.82 Å². The van der Waals surface area contributed by atoms with Gasteiger partial charge in [0.1, 0.15) is 10.7 Å². The van der Waals surface area contributed by atoms with E-state index in [1.165, 1.54) is 19.3 Å². The first-order valence-electron chi connectivity index (χ1n) is 5.71. The zero-order valence-electron chi connectivity index (χ0n) is 10.4. The van der Waals surface area contributed by atoms with Gasteiger partial charge < -0.3 is 10.0 Å². The van der Waals surface area contributed by atoms with Crippen LogP contribution in [0, 0.1) is 0 Å². The van der Waals surface area contributed by atoms with Crippen molar-refractivity contribution < 1.29 is 13.5 Å². The van der Waals surface area contributed by atoms with Crippen molar-refractivity contribution in [3.8, 4) is 0 Å². The molecule has 6 nitrogen and oxygen atoms in total. The van der Waals surface area contributed by atoms with Gasteiger partial charge >= 0.3 is 0 Å². The molecule has 0 bridgehead atoms. The van der Waals surface area contributed by atoms with Crippen molar-refractivity contribution in [3.63, 3.8) is 0 Å². The molecule has 1 unspecified atom stereocenters. The van der Waals surface area contributed by atoms with Gasteiger partial charge in [-0.15, -0.1) is 0 Å². The molecule has 100 valence electrons. The minimum absolute atomic E-state index is 0.139. The van der Waals surface area contributed by atoms with E-state index in [4.69, 9.17) is 0 Å². The lowest BCUT2D eigenvalue weighted by Gasteiger charge is -2.19. The molecule has 2 rings (SSSR count). The van der Waals surface area contributed by atoms with Crippen LogP contribution < -0.4 is 9.62 Å². The molecule has 2 heterocycles. The first-order valence-corrected chi connectivity index (χ1v) is 7.19. The van der Waals surface area contributed by atoms with Crippen LogP contribution in [-0.2, 0) is 10.0 Å². The Morgan fingerprint density at radius 3 is 2.67 bits per heavy atom. The summed E-state index contributed by atoms with van der Waals surface area (Å²) in [7, 11) is -2.08. The third kappa shape index (κ3) is 2.63. The fraction of sp³-hybridized carbons (Fsp3) is 0.545. The number of rotatable bonds is 3. The molecule has 0 radical (unpaired) electrons. The first kappa shape index (κ1) is 13.3. The van der Waals surface area contributed by atoms with Crippen LogP contribution >= 0.6 is 0 Å². The maximum atomic E-state index is 11.5. The first-order chi connectivity index (χ1) is 8.34. The van der Waals surface area contributed by atoms with E-state index in [0.29, 0.717) is 18.8 Å². The maximum absolute atomic E-state index is 11.5. The molecule has 1 fully saturated rings. The number of hydrogen-bond donors (Lipinski definition) is 2. The molecule has 1 aliphatic heterocycles. The van der Waals surface area contributed by atoms with E-state index in [1.807, 2.05) is 4.90 Å². The summed E-state index contributed by atoms with van der Waals surface area (Å²) in [6.07, 6.45) is 2.01. The summed E-state index contributed by atoms with van der Waals surface area (Å²) in [5.74, 6) is 0.683. The molecular formula is C11H17N3O3S. The Bertz CT molecular complexity index is 525. The predicted molar refractivity (Wildman–Crippen MR) is 67.9 cm³/mol. The Kier molecular flexibility index (Phi) is 3.31. The average Bonchev–Trinajstić information content (AvgIpc) is 2.70. The minimum Gasteiger partial charge on any atom is -0.388 e. The number of nitrogens with zero attached hydrogens (tertiary/aromatic N) is 2. The number of anilines is 1. The van der Waals surface area contributed by atoms with E-state index in [0.717, 1.165) is 6.54 Å². The molecule has 1 aromatic rings. The molecule has 0 spiro atoms. The third-order valence-electron chi connectivity index (χ3n) is 3.08. The third-order valence-corrected chi connectivity index (χ3v) is 4.48. The van der Waals surface area contributed by atoms with Crippen molar-refractivity contribution in [2.75, 3.05) is 25.0 Å². The van der Waals surface area contributed by atoms with Crippen molar-refractivity contribution in [1.29, 1.82) is 0 Å². The number of β-amino-alcohol motifs (C(OH)–C–C–N with tert-alkyl or cyclic N) is 1. The Hall–Kier alpha value is -1.18. The molecule has 1 saturated heterocycles. The number of pyridine rings is 1. The number of nitrogens with one attached hydrogen (secondary N) is 1. The summed E-state index contributed by atoms with van der Waals surface area (Å²) in [6.45, 7) is 3.02. The van der Waals surface area contributed by atoms with Crippen molar-refractivity contribution in [2.45, 2.75) is 23.8 Å². The lowest BCUT2D eigenvalue weighted by molar-refractivity contribution is 0.0839. The Labute approximate surface area is 107 Å². The Morgan fingerprint density at radius 2 is 2.22 bits per heavy atom. The lowest BCUT2D eigenvalue weighted by atomic mass is 10.1. The smallest absolute Gasteiger partial charge is 0.241 e. The number of sulfonamides is 1. The maximum Gasteiger partial charge on any atom is 0.241 e. The zero-order valence-corrected chi connectivity index (χ0v) is 11.2. The van der Waals surface area contributed by atoms with Gasteiger partial charge in [-0.05, 0) is 32.5 Å². The average molecular weight is 271 g/mol. The van der Waals surface area contributed by atoms with Gasteiger partial charge in [-0.25, -0.2) is 18.1 Å². The summed E-state index contributed by atoms with van der Waals surface area (Å²) >= 11 is 0. The molecule has 1 aliphatic rings. The molecule has 2 N–H and O–H groups in total. The fourth-order valence-electron chi connectivity index (χ4n) is 1.98. The van der Waals surface area contributed by atoms with Crippen LogP contribution in [0.2, 0.25) is 0 Å². The summed E-state index contributed by atoms with van der Waals surface area (Å²) in [4.78, 5) is 6.22. The van der Waals surface area contributed by atoms with E-state index >= 15 is 0 Å². The van der Waals surface area contributed by atoms with Gasteiger partial charge in [0.2, 0.25) is 10.0 Å². The van der Waals surface area contributed by atoms with Crippen LogP contribution in [0.15, 0.2) is 23.2 Å². The molecule has 0 aliphatic carbocycles. The van der Waals surface area contributed by atoms with Gasteiger partial charge in [0, 0.05) is 19.3 Å². The molecule has 0 amide bonds. The van der Waals surface area contributed by atoms with Crippen molar-refractivity contribution in [1.82, 2.24) is 9.71 Å². The number of aliphatic hydroxyl groups is 1. The highest BCUT2D eigenvalue weighted by molar-refractivity contribution is 7.89. The largest absolute Gasteiger partial charge is 0.388 e.